The van der Waals surface area contributed by atoms with Crippen molar-refractivity contribution in [1.29, 1.82) is 0 Å². The van der Waals surface area contributed by atoms with Crippen molar-refractivity contribution in [1.82, 2.24) is 0 Å². The van der Waals surface area contributed by atoms with E-state index >= 15 is 0 Å². The van der Waals surface area contributed by atoms with Gasteiger partial charge in [0.1, 0.15) is 5.60 Å². The summed E-state index contributed by atoms with van der Waals surface area (Å²) in [5.41, 5.74) is -0.629. The van der Waals surface area contributed by atoms with Gasteiger partial charge in [0.25, 0.3) is 0 Å². The van der Waals surface area contributed by atoms with E-state index in [1.807, 2.05) is 26.8 Å². The van der Waals surface area contributed by atoms with Crippen molar-refractivity contribution in [2.24, 2.45) is 5.41 Å². The van der Waals surface area contributed by atoms with Crippen LogP contribution in [0.2, 0.25) is 0 Å². The predicted octanol–water partition coefficient (Wildman–Crippen LogP) is 3.94. The average molecular weight is 286 g/mol. The molecule has 1 fully saturated rings. The lowest BCUT2D eigenvalue weighted by molar-refractivity contribution is -0.162. The van der Waals surface area contributed by atoms with Gasteiger partial charge in [-0.25, -0.2) is 0 Å². The largest absolute Gasteiger partial charge is 0.459 e. The van der Waals surface area contributed by atoms with Crippen molar-refractivity contribution in [3.63, 3.8) is 0 Å². The molecule has 3 nitrogen and oxygen atoms in total. The lowest BCUT2D eigenvalue weighted by Gasteiger charge is -2.31. The molecule has 0 radical (unpaired) electrons. The van der Waals surface area contributed by atoms with Gasteiger partial charge in [0, 0.05) is 5.56 Å². The highest BCUT2D eigenvalue weighted by molar-refractivity contribution is 6.15. The van der Waals surface area contributed by atoms with Gasteiger partial charge in [-0.3, -0.25) is 9.59 Å². The Morgan fingerprint density at radius 3 is 2.29 bits per heavy atom. The molecule has 0 saturated heterocycles. The van der Waals surface area contributed by atoms with Crippen LogP contribution in [0.25, 0.3) is 0 Å². The third kappa shape index (κ3) is 2.92. The van der Waals surface area contributed by atoms with Crippen LogP contribution < -0.4 is 0 Å². The van der Waals surface area contributed by atoms with E-state index in [1.54, 1.807) is 24.3 Å². The highest BCUT2D eigenvalue weighted by Crippen LogP contribution is 2.46. The summed E-state index contributed by atoms with van der Waals surface area (Å²) < 4.78 is 5.52. The zero-order chi connectivity index (χ0) is 15.7. The average Bonchev–Trinajstić information content (AvgIpc) is 2.80. The molecule has 1 unspecified atom stereocenters. The summed E-state index contributed by atoms with van der Waals surface area (Å²) in [6, 6.07) is 8.92. The number of rotatable bonds is 3. The van der Waals surface area contributed by atoms with Crippen LogP contribution >= 0.6 is 0 Å². The maximum absolute atomic E-state index is 12.9. The zero-order valence-electron chi connectivity index (χ0n) is 12.9. The Labute approximate surface area is 126 Å². The van der Waals surface area contributed by atoms with Crippen molar-refractivity contribution < 1.29 is 14.3 Å². The summed E-state index contributed by atoms with van der Waals surface area (Å²) in [5, 5.41) is 0. The standard InChI is InChI=1S/C18H22O3/c1-13-9-8-12-18(13,16(20)21-17(2,3)4)15(19)14-10-6-5-7-11-14/h5-7,10-11H,1,8-9,12H2,2-4H3. The van der Waals surface area contributed by atoms with Crippen LogP contribution in [0.3, 0.4) is 0 Å². The molecule has 1 atom stereocenters. The van der Waals surface area contributed by atoms with Crippen LogP contribution in [0, 0.1) is 5.41 Å². The zero-order valence-corrected chi connectivity index (χ0v) is 12.9. The minimum Gasteiger partial charge on any atom is -0.459 e. The summed E-state index contributed by atoms with van der Waals surface area (Å²) >= 11 is 0. The molecule has 1 aromatic carbocycles. The van der Waals surface area contributed by atoms with E-state index < -0.39 is 17.0 Å². The number of ketones is 1. The number of ether oxygens (including phenoxy) is 1. The van der Waals surface area contributed by atoms with Gasteiger partial charge < -0.3 is 4.74 Å². The molecule has 0 aliphatic heterocycles. The second-order valence-electron chi connectivity index (χ2n) is 6.56. The van der Waals surface area contributed by atoms with Crippen molar-refractivity contribution in [3.8, 4) is 0 Å². The Morgan fingerprint density at radius 1 is 1.19 bits per heavy atom. The molecule has 1 aliphatic carbocycles. The Hall–Kier alpha value is -1.90. The van der Waals surface area contributed by atoms with Gasteiger partial charge in [-0.05, 0) is 40.0 Å². The number of benzene rings is 1. The molecular weight excluding hydrogens is 264 g/mol. The van der Waals surface area contributed by atoms with Crippen LogP contribution in [0.4, 0.5) is 0 Å². The fourth-order valence-electron chi connectivity index (χ4n) is 2.77. The van der Waals surface area contributed by atoms with Gasteiger partial charge in [-0.1, -0.05) is 42.5 Å². The van der Waals surface area contributed by atoms with Crippen molar-refractivity contribution >= 4 is 11.8 Å². The highest BCUT2D eigenvalue weighted by atomic mass is 16.6. The van der Waals surface area contributed by atoms with Crippen LogP contribution in [0.5, 0.6) is 0 Å². The quantitative estimate of drug-likeness (QED) is 0.366. The molecule has 2 rings (SSSR count). The molecule has 0 N–H and O–H groups in total. The Bertz CT molecular complexity index is 566. The molecule has 3 heteroatoms. The lowest BCUT2D eigenvalue weighted by atomic mass is 9.76. The van der Waals surface area contributed by atoms with Crippen LogP contribution in [-0.2, 0) is 9.53 Å². The normalized spacial score (nSPS) is 22.1. The minimum absolute atomic E-state index is 0.195. The maximum atomic E-state index is 12.9. The molecule has 0 bridgehead atoms. The summed E-state index contributed by atoms with van der Waals surface area (Å²) in [7, 11) is 0. The van der Waals surface area contributed by atoms with E-state index in [9.17, 15) is 9.59 Å². The SMILES string of the molecule is C=C1CCCC1(C(=O)OC(C)(C)C)C(=O)c1ccccc1. The second-order valence-corrected chi connectivity index (χ2v) is 6.56. The van der Waals surface area contributed by atoms with Crippen molar-refractivity contribution in [2.45, 2.75) is 45.6 Å². The smallest absolute Gasteiger partial charge is 0.324 e. The number of carbonyl (C=O) groups excluding carboxylic acids is 2. The summed E-state index contributed by atoms with van der Waals surface area (Å²) in [5.74, 6) is -0.661. The van der Waals surface area contributed by atoms with Crippen LogP contribution in [0.1, 0.15) is 50.4 Å². The van der Waals surface area contributed by atoms with Gasteiger partial charge in [0.05, 0.1) is 0 Å². The first-order chi connectivity index (χ1) is 9.77. The number of carbonyl (C=O) groups is 2. The van der Waals surface area contributed by atoms with Crippen LogP contribution in [-0.4, -0.2) is 17.4 Å². The molecule has 21 heavy (non-hydrogen) atoms. The van der Waals surface area contributed by atoms with Crippen LogP contribution in [0.15, 0.2) is 42.5 Å². The molecule has 0 amide bonds. The summed E-state index contributed by atoms with van der Waals surface area (Å²) in [6.07, 6.45) is 1.96. The number of Topliss-reactive ketones (excluding diaryl/α,β-unsaturated/α-hetero) is 1. The minimum atomic E-state index is -1.21. The van der Waals surface area contributed by atoms with Gasteiger partial charge >= 0.3 is 5.97 Å². The Balaban J connectivity index is 2.42. The molecule has 0 aromatic heterocycles. The predicted molar refractivity (Wildman–Crippen MR) is 82.0 cm³/mol. The first kappa shape index (κ1) is 15.5. The second kappa shape index (κ2) is 5.47. The monoisotopic (exact) mass is 286 g/mol. The topological polar surface area (TPSA) is 43.4 Å². The number of hydrogen-bond acceptors (Lipinski definition) is 3. The van der Waals surface area contributed by atoms with E-state index in [-0.39, 0.29) is 5.78 Å². The highest BCUT2D eigenvalue weighted by Gasteiger charge is 2.52. The van der Waals surface area contributed by atoms with Gasteiger partial charge in [0.15, 0.2) is 11.2 Å². The Morgan fingerprint density at radius 2 is 1.81 bits per heavy atom. The maximum Gasteiger partial charge on any atom is 0.324 e. The Kier molecular flexibility index (Phi) is 4.04. The molecular formula is C18H22O3. The van der Waals surface area contributed by atoms with Crippen molar-refractivity contribution in [2.75, 3.05) is 0 Å². The third-order valence-electron chi connectivity index (χ3n) is 3.80. The number of esters is 1. The molecule has 0 spiro atoms. The lowest BCUT2D eigenvalue weighted by Crippen LogP contribution is -2.42. The van der Waals surface area contributed by atoms with E-state index in [0.29, 0.717) is 24.0 Å². The molecule has 1 aromatic rings. The summed E-state index contributed by atoms with van der Waals surface area (Å²) in [4.78, 5) is 25.6. The fourth-order valence-corrected chi connectivity index (χ4v) is 2.77. The first-order valence-electron chi connectivity index (χ1n) is 7.29. The fraction of sp³-hybridized carbons (Fsp3) is 0.444. The first-order valence-corrected chi connectivity index (χ1v) is 7.29. The van der Waals surface area contributed by atoms with Crippen molar-refractivity contribution in [3.05, 3.63) is 48.0 Å². The van der Waals surface area contributed by atoms with E-state index in [2.05, 4.69) is 6.58 Å². The van der Waals surface area contributed by atoms with Gasteiger partial charge in [-0.15, -0.1) is 0 Å². The molecule has 1 saturated carbocycles. The van der Waals surface area contributed by atoms with E-state index in [1.165, 1.54) is 0 Å². The summed E-state index contributed by atoms with van der Waals surface area (Å²) in [6.45, 7) is 9.41. The third-order valence-corrected chi connectivity index (χ3v) is 3.80. The van der Waals surface area contributed by atoms with E-state index in [0.717, 1.165) is 6.42 Å². The molecule has 0 heterocycles. The van der Waals surface area contributed by atoms with E-state index in [4.69, 9.17) is 4.74 Å². The van der Waals surface area contributed by atoms with Gasteiger partial charge in [0.2, 0.25) is 0 Å². The molecule has 1 aliphatic rings. The molecule has 112 valence electrons. The van der Waals surface area contributed by atoms with Gasteiger partial charge in [-0.2, -0.15) is 0 Å². The number of hydrogen-bond donors (Lipinski definition) is 0.